The summed E-state index contributed by atoms with van der Waals surface area (Å²) in [6.07, 6.45) is 13.1. The molecule has 0 bridgehead atoms. The SMILES string of the molecule is CC1COC(c2ccc(OC(=O)C3=CN(C)C=CC3)cc2)=CO1.CC1COC(c2ccc(OC(=O)c3ccc[n+](C)c3)cc2)=CO1. The van der Waals surface area contributed by atoms with Gasteiger partial charge >= 0.3 is 11.9 Å². The van der Waals surface area contributed by atoms with Gasteiger partial charge in [0.05, 0.1) is 5.57 Å². The molecule has 2 atom stereocenters. The summed E-state index contributed by atoms with van der Waals surface area (Å²) in [6, 6.07) is 17.8. The van der Waals surface area contributed by atoms with E-state index in [4.69, 9.17) is 28.4 Å². The highest BCUT2D eigenvalue weighted by atomic mass is 16.6. The minimum atomic E-state index is -0.390. The highest BCUT2D eigenvalue weighted by molar-refractivity contribution is 5.91. The Labute approximate surface area is 268 Å². The van der Waals surface area contributed by atoms with Crippen LogP contribution in [0.15, 0.2) is 110 Å². The van der Waals surface area contributed by atoms with Gasteiger partial charge in [-0.3, -0.25) is 0 Å². The topological polar surface area (TPSA) is 96.6 Å². The molecule has 0 amide bonds. The molecule has 2 aromatic carbocycles. The molecule has 4 heterocycles. The van der Waals surface area contributed by atoms with Crippen LogP contribution in [0.25, 0.3) is 11.5 Å². The van der Waals surface area contributed by atoms with E-state index in [1.807, 2.05) is 75.6 Å². The first-order chi connectivity index (χ1) is 22.2. The third kappa shape index (κ3) is 8.78. The van der Waals surface area contributed by atoms with Crippen molar-refractivity contribution in [3.8, 4) is 11.5 Å². The molecule has 0 N–H and O–H groups in total. The van der Waals surface area contributed by atoms with E-state index in [0.29, 0.717) is 53.8 Å². The maximum Gasteiger partial charge on any atom is 0.349 e. The highest BCUT2D eigenvalue weighted by Crippen LogP contribution is 2.25. The summed E-state index contributed by atoms with van der Waals surface area (Å²) in [4.78, 5) is 26.1. The largest absolute Gasteiger partial charge is 0.491 e. The van der Waals surface area contributed by atoms with Crippen molar-refractivity contribution in [1.82, 2.24) is 4.90 Å². The molecular formula is C36H37N2O8+. The molecule has 0 saturated heterocycles. The molecule has 3 aliphatic heterocycles. The first-order valence-corrected chi connectivity index (χ1v) is 14.9. The number of ether oxygens (including phenoxy) is 6. The Morgan fingerprint density at radius 3 is 1.83 bits per heavy atom. The maximum absolute atomic E-state index is 12.1. The lowest BCUT2D eigenvalue weighted by Gasteiger charge is -2.21. The van der Waals surface area contributed by atoms with Crippen molar-refractivity contribution in [2.75, 3.05) is 20.3 Å². The molecular weight excluding hydrogens is 588 g/mol. The van der Waals surface area contributed by atoms with Crippen LogP contribution in [-0.2, 0) is 30.8 Å². The molecule has 10 nitrogen and oxygen atoms in total. The number of carbonyl (C=O) groups is 2. The zero-order valence-electron chi connectivity index (χ0n) is 26.3. The lowest BCUT2D eigenvalue weighted by molar-refractivity contribution is -0.671. The Morgan fingerprint density at radius 1 is 0.804 bits per heavy atom. The fourth-order valence-electron chi connectivity index (χ4n) is 4.46. The predicted octanol–water partition coefficient (Wildman–Crippen LogP) is 5.52. The zero-order chi connectivity index (χ0) is 32.5. The van der Waals surface area contributed by atoms with Crippen LogP contribution >= 0.6 is 0 Å². The monoisotopic (exact) mass is 625 g/mol. The normalized spacial score (nSPS) is 18.4. The van der Waals surface area contributed by atoms with E-state index in [9.17, 15) is 9.59 Å². The van der Waals surface area contributed by atoms with E-state index in [0.717, 1.165) is 11.1 Å². The third-order valence-electron chi connectivity index (χ3n) is 6.94. The molecule has 0 radical (unpaired) electrons. The van der Waals surface area contributed by atoms with Gasteiger partial charge < -0.3 is 33.3 Å². The minimum absolute atomic E-state index is 0.0613. The number of aromatic nitrogens is 1. The molecule has 1 aromatic heterocycles. The van der Waals surface area contributed by atoms with Crippen molar-refractivity contribution in [2.24, 2.45) is 7.05 Å². The van der Waals surface area contributed by atoms with Crippen LogP contribution in [0.1, 0.15) is 41.8 Å². The van der Waals surface area contributed by atoms with Gasteiger partial charge in [-0.15, -0.1) is 0 Å². The Hall–Kier alpha value is -5.51. The van der Waals surface area contributed by atoms with Crippen LogP contribution in [-0.4, -0.2) is 49.3 Å². The fraction of sp³-hybridized carbons (Fsp3) is 0.250. The second kappa shape index (κ2) is 15.0. The second-order valence-electron chi connectivity index (χ2n) is 11.0. The van der Waals surface area contributed by atoms with Gasteiger partial charge in [0.1, 0.15) is 62.1 Å². The highest BCUT2D eigenvalue weighted by Gasteiger charge is 2.17. The number of rotatable bonds is 6. The molecule has 2 unspecified atom stereocenters. The second-order valence-corrected chi connectivity index (χ2v) is 11.0. The summed E-state index contributed by atoms with van der Waals surface area (Å²) in [5.41, 5.74) is 2.89. The average molecular weight is 626 g/mol. The van der Waals surface area contributed by atoms with Crippen LogP contribution < -0.4 is 14.0 Å². The lowest BCUT2D eigenvalue weighted by atomic mass is 10.1. The molecule has 0 saturated carbocycles. The summed E-state index contributed by atoms with van der Waals surface area (Å²) < 4.78 is 34.7. The van der Waals surface area contributed by atoms with E-state index in [2.05, 4.69) is 0 Å². The van der Waals surface area contributed by atoms with Crippen molar-refractivity contribution in [2.45, 2.75) is 32.5 Å². The molecule has 6 rings (SSSR count). The molecule has 3 aliphatic rings. The van der Waals surface area contributed by atoms with E-state index in [1.54, 1.807) is 65.9 Å². The molecule has 0 aliphatic carbocycles. The van der Waals surface area contributed by atoms with Gasteiger partial charge in [0, 0.05) is 36.9 Å². The molecule has 10 heteroatoms. The molecule has 0 fully saturated rings. The molecule has 3 aromatic rings. The minimum Gasteiger partial charge on any atom is -0.491 e. The first kappa shape index (κ1) is 31.9. The van der Waals surface area contributed by atoms with E-state index < -0.39 is 0 Å². The van der Waals surface area contributed by atoms with Crippen LogP contribution in [0.5, 0.6) is 11.5 Å². The van der Waals surface area contributed by atoms with Crippen molar-refractivity contribution in [3.05, 3.63) is 126 Å². The van der Waals surface area contributed by atoms with Crippen molar-refractivity contribution >= 4 is 23.5 Å². The quantitative estimate of drug-likeness (QED) is 0.199. The number of hydrogen-bond donors (Lipinski definition) is 0. The average Bonchev–Trinajstić information content (AvgIpc) is 3.07. The van der Waals surface area contributed by atoms with Gasteiger partial charge in [-0.25, -0.2) is 14.2 Å². The van der Waals surface area contributed by atoms with Crippen LogP contribution in [0.3, 0.4) is 0 Å². The van der Waals surface area contributed by atoms with Crippen molar-refractivity contribution < 1.29 is 42.6 Å². The summed E-state index contributed by atoms with van der Waals surface area (Å²) in [7, 11) is 3.73. The van der Waals surface area contributed by atoms with Crippen molar-refractivity contribution in [1.29, 1.82) is 0 Å². The predicted molar refractivity (Wildman–Crippen MR) is 170 cm³/mol. The Balaban J connectivity index is 0.000000181. The van der Waals surface area contributed by atoms with Crippen LogP contribution in [0.2, 0.25) is 0 Å². The maximum atomic E-state index is 12.1. The van der Waals surface area contributed by atoms with E-state index in [-0.39, 0.29) is 24.1 Å². The summed E-state index contributed by atoms with van der Waals surface area (Å²) >= 11 is 0. The van der Waals surface area contributed by atoms with E-state index >= 15 is 0 Å². The van der Waals surface area contributed by atoms with Gasteiger partial charge in [-0.05, 0) is 74.6 Å². The van der Waals surface area contributed by atoms with Crippen LogP contribution in [0.4, 0.5) is 0 Å². The third-order valence-corrected chi connectivity index (χ3v) is 6.94. The van der Waals surface area contributed by atoms with Gasteiger partial charge in [-0.1, -0.05) is 6.08 Å². The Kier molecular flexibility index (Phi) is 10.4. The van der Waals surface area contributed by atoms with Gasteiger partial charge in [0.15, 0.2) is 23.9 Å². The summed E-state index contributed by atoms with van der Waals surface area (Å²) in [5, 5.41) is 0. The number of esters is 2. The molecule has 238 valence electrons. The summed E-state index contributed by atoms with van der Waals surface area (Å²) in [6.45, 7) is 4.94. The number of hydrogen-bond acceptors (Lipinski definition) is 9. The smallest absolute Gasteiger partial charge is 0.349 e. The fourth-order valence-corrected chi connectivity index (χ4v) is 4.46. The number of allylic oxidation sites excluding steroid dienone is 1. The Bertz CT molecular complexity index is 1660. The van der Waals surface area contributed by atoms with E-state index in [1.165, 1.54) is 0 Å². The lowest BCUT2D eigenvalue weighted by Crippen LogP contribution is -2.28. The van der Waals surface area contributed by atoms with Crippen LogP contribution in [0, 0.1) is 0 Å². The summed E-state index contributed by atoms with van der Waals surface area (Å²) in [5.74, 6) is 1.62. The number of pyridine rings is 1. The molecule has 46 heavy (non-hydrogen) atoms. The number of aryl methyl sites for hydroxylation is 1. The first-order valence-electron chi connectivity index (χ1n) is 14.9. The van der Waals surface area contributed by atoms with Gasteiger partial charge in [-0.2, -0.15) is 0 Å². The standard InChI is InChI=1S/C18H19NO4.C18H18NO4/c2*1-13-11-22-17(12-21-13)14-5-7-16(8-6-14)23-18(20)15-4-3-9-19(2)10-15/h3,5-10,12-13H,4,11H2,1-2H3;3-10,12-13H,11H2,1-2H3/q;+1. The number of carbonyl (C=O) groups excluding carboxylic acids is 2. The number of benzene rings is 2. The zero-order valence-corrected chi connectivity index (χ0v) is 26.3. The Morgan fingerprint density at radius 2 is 1.35 bits per heavy atom. The van der Waals surface area contributed by atoms with Gasteiger partial charge in [0.25, 0.3) is 0 Å². The van der Waals surface area contributed by atoms with Crippen molar-refractivity contribution in [3.63, 3.8) is 0 Å². The number of nitrogens with zero attached hydrogens (tertiary/aromatic N) is 2. The molecule has 0 spiro atoms. The van der Waals surface area contributed by atoms with Gasteiger partial charge in [0.2, 0.25) is 0 Å².